The molecule has 0 saturated heterocycles. The fraction of sp³-hybridized carbons (Fsp3) is 0.357. The van der Waals surface area contributed by atoms with E-state index >= 15 is 0 Å². The van der Waals surface area contributed by atoms with E-state index in [-0.39, 0.29) is 18.6 Å². The summed E-state index contributed by atoms with van der Waals surface area (Å²) in [6.07, 6.45) is 7.02. The number of benzene rings is 2. The Morgan fingerprint density at radius 3 is 2.76 bits per heavy atom. The summed E-state index contributed by atoms with van der Waals surface area (Å²) < 4.78 is 17.6. The SMILES string of the molecule is CCC1OC(=O)N(Cc2cccc(NC(=O)c3cnc[nH]3)c2)N=C1c1ccc(OC)c(OC2CCCC2)c1. The highest BCUT2D eigenvalue weighted by atomic mass is 16.6. The zero-order valence-corrected chi connectivity index (χ0v) is 21.5. The third-order valence-electron chi connectivity index (χ3n) is 6.67. The molecule has 2 aliphatic rings. The van der Waals surface area contributed by atoms with E-state index in [2.05, 4.69) is 15.3 Å². The van der Waals surface area contributed by atoms with Crippen LogP contribution in [0.15, 0.2) is 60.1 Å². The molecule has 10 nitrogen and oxygen atoms in total. The molecule has 1 fully saturated rings. The molecule has 38 heavy (non-hydrogen) atoms. The van der Waals surface area contributed by atoms with Crippen LogP contribution in [0.5, 0.6) is 11.5 Å². The summed E-state index contributed by atoms with van der Waals surface area (Å²) in [6, 6.07) is 12.9. The number of aromatic amines is 1. The number of methoxy groups -OCH3 is 1. The Bertz CT molecular complexity index is 1320. The van der Waals surface area contributed by atoms with Gasteiger partial charge in [-0.3, -0.25) is 4.79 Å². The van der Waals surface area contributed by atoms with E-state index in [0.29, 0.717) is 35.0 Å². The van der Waals surface area contributed by atoms with Crippen LogP contribution in [0.3, 0.4) is 0 Å². The monoisotopic (exact) mass is 517 g/mol. The van der Waals surface area contributed by atoms with Gasteiger partial charge >= 0.3 is 6.09 Å². The maximum Gasteiger partial charge on any atom is 0.431 e. The van der Waals surface area contributed by atoms with E-state index < -0.39 is 12.2 Å². The summed E-state index contributed by atoms with van der Waals surface area (Å²) in [5.41, 5.74) is 3.18. The molecule has 1 atom stereocenters. The number of aromatic nitrogens is 2. The van der Waals surface area contributed by atoms with Crippen molar-refractivity contribution >= 4 is 23.4 Å². The molecule has 1 aliphatic carbocycles. The minimum Gasteiger partial charge on any atom is -0.493 e. The number of hydrazone groups is 1. The second-order valence-corrected chi connectivity index (χ2v) is 9.33. The highest BCUT2D eigenvalue weighted by molar-refractivity contribution is 6.06. The Morgan fingerprint density at radius 1 is 1.18 bits per heavy atom. The molecular formula is C28H31N5O5. The first-order chi connectivity index (χ1) is 18.5. The number of nitrogens with one attached hydrogen (secondary N) is 2. The van der Waals surface area contributed by atoms with Gasteiger partial charge in [0.2, 0.25) is 0 Å². The van der Waals surface area contributed by atoms with Gasteiger partial charge in [0.15, 0.2) is 11.5 Å². The van der Waals surface area contributed by atoms with Crippen LogP contribution in [0, 0.1) is 0 Å². The Labute approximate surface area is 221 Å². The van der Waals surface area contributed by atoms with Gasteiger partial charge in [-0.25, -0.2) is 9.78 Å². The van der Waals surface area contributed by atoms with Gasteiger partial charge in [0, 0.05) is 11.3 Å². The molecule has 0 bridgehead atoms. The van der Waals surface area contributed by atoms with E-state index in [1.165, 1.54) is 17.5 Å². The third kappa shape index (κ3) is 5.64. The lowest BCUT2D eigenvalue weighted by atomic mass is 10.0. The number of nitrogens with zero attached hydrogens (tertiary/aromatic N) is 3. The van der Waals surface area contributed by atoms with E-state index in [0.717, 1.165) is 36.8 Å². The topological polar surface area (TPSA) is 118 Å². The normalized spacial score (nSPS) is 17.6. The second kappa shape index (κ2) is 11.4. The lowest BCUT2D eigenvalue weighted by Gasteiger charge is -2.29. The van der Waals surface area contributed by atoms with E-state index in [1.54, 1.807) is 19.2 Å². The molecule has 0 spiro atoms. The minimum absolute atomic E-state index is 0.171. The van der Waals surface area contributed by atoms with Gasteiger partial charge in [-0.05, 0) is 68.0 Å². The molecule has 198 valence electrons. The maximum atomic E-state index is 12.8. The molecule has 3 aromatic rings. The average Bonchev–Trinajstić information content (AvgIpc) is 3.65. The van der Waals surface area contributed by atoms with E-state index in [4.69, 9.17) is 19.3 Å². The molecule has 2 amide bonds. The molecule has 1 aliphatic heterocycles. The number of hydrogen-bond acceptors (Lipinski definition) is 7. The smallest absolute Gasteiger partial charge is 0.431 e. The number of carbonyl (C=O) groups excluding carboxylic acids is 2. The first-order valence-corrected chi connectivity index (χ1v) is 12.8. The minimum atomic E-state index is -0.525. The molecule has 1 saturated carbocycles. The molecule has 0 radical (unpaired) electrons. The molecule has 1 unspecified atom stereocenters. The van der Waals surface area contributed by atoms with Crippen LogP contribution >= 0.6 is 0 Å². The lowest BCUT2D eigenvalue weighted by molar-refractivity contribution is 0.0712. The summed E-state index contributed by atoms with van der Waals surface area (Å²) >= 11 is 0. The largest absolute Gasteiger partial charge is 0.493 e. The van der Waals surface area contributed by atoms with Crippen LogP contribution in [-0.4, -0.2) is 52.0 Å². The van der Waals surface area contributed by atoms with Crippen molar-refractivity contribution in [1.29, 1.82) is 0 Å². The second-order valence-electron chi connectivity index (χ2n) is 9.33. The predicted octanol–water partition coefficient (Wildman–Crippen LogP) is 5.13. The van der Waals surface area contributed by atoms with Crippen molar-refractivity contribution in [2.75, 3.05) is 12.4 Å². The highest BCUT2D eigenvalue weighted by Crippen LogP contribution is 2.34. The van der Waals surface area contributed by atoms with E-state index in [1.807, 2.05) is 37.3 Å². The molecule has 1 aromatic heterocycles. The van der Waals surface area contributed by atoms with Crippen molar-refractivity contribution in [2.45, 2.75) is 57.8 Å². The maximum absolute atomic E-state index is 12.8. The molecule has 2 aromatic carbocycles. The van der Waals surface area contributed by atoms with Crippen LogP contribution in [0.25, 0.3) is 0 Å². The number of imidazole rings is 1. The summed E-state index contributed by atoms with van der Waals surface area (Å²) in [5.74, 6) is 1.02. The quantitative estimate of drug-likeness (QED) is 0.406. The number of ether oxygens (including phenoxy) is 3. The average molecular weight is 518 g/mol. The summed E-state index contributed by atoms with van der Waals surface area (Å²) in [5, 5.41) is 8.85. The van der Waals surface area contributed by atoms with Gasteiger partial charge < -0.3 is 24.5 Å². The predicted molar refractivity (Wildman–Crippen MR) is 142 cm³/mol. The van der Waals surface area contributed by atoms with Gasteiger partial charge in [0.05, 0.1) is 32.3 Å². The van der Waals surface area contributed by atoms with Crippen LogP contribution < -0.4 is 14.8 Å². The summed E-state index contributed by atoms with van der Waals surface area (Å²) in [6.45, 7) is 2.13. The fourth-order valence-electron chi connectivity index (χ4n) is 4.71. The Kier molecular flexibility index (Phi) is 7.57. The molecule has 5 rings (SSSR count). The molecule has 2 heterocycles. The van der Waals surface area contributed by atoms with Gasteiger partial charge in [-0.15, -0.1) is 0 Å². The molecular weight excluding hydrogens is 486 g/mol. The van der Waals surface area contributed by atoms with Crippen LogP contribution in [-0.2, 0) is 11.3 Å². The standard InChI is InChI=1S/C28H31N5O5/c1-3-23-26(19-11-12-24(36-2)25(14-19)37-21-9-4-5-10-21)32-33(28(35)38-23)16-18-7-6-8-20(13-18)31-27(34)22-15-29-17-30-22/h6-8,11-15,17,21,23H,3-5,9-10,16H2,1-2H3,(H,29,30)(H,31,34). The summed E-state index contributed by atoms with van der Waals surface area (Å²) in [4.78, 5) is 31.9. The lowest BCUT2D eigenvalue weighted by Crippen LogP contribution is -2.41. The number of hydrogen-bond donors (Lipinski definition) is 2. The van der Waals surface area contributed by atoms with Gasteiger partial charge in [-0.1, -0.05) is 19.1 Å². The van der Waals surface area contributed by atoms with Crippen LogP contribution in [0.2, 0.25) is 0 Å². The zero-order chi connectivity index (χ0) is 26.5. The first-order valence-electron chi connectivity index (χ1n) is 12.8. The van der Waals surface area contributed by atoms with Crippen molar-refractivity contribution < 1.29 is 23.8 Å². The Balaban J connectivity index is 1.38. The van der Waals surface area contributed by atoms with Crippen LogP contribution in [0.4, 0.5) is 10.5 Å². The highest BCUT2D eigenvalue weighted by Gasteiger charge is 2.31. The van der Waals surface area contributed by atoms with Crippen LogP contribution in [0.1, 0.15) is 60.6 Å². The van der Waals surface area contributed by atoms with Crippen molar-refractivity contribution in [3.63, 3.8) is 0 Å². The number of amides is 2. The van der Waals surface area contributed by atoms with Gasteiger partial charge in [-0.2, -0.15) is 10.1 Å². The number of cyclic esters (lactones) is 1. The number of anilines is 1. The van der Waals surface area contributed by atoms with Crippen molar-refractivity contribution in [2.24, 2.45) is 5.10 Å². The summed E-state index contributed by atoms with van der Waals surface area (Å²) in [7, 11) is 1.62. The molecule has 2 N–H and O–H groups in total. The Hall–Kier alpha value is -4.34. The number of rotatable bonds is 9. The fourth-order valence-corrected chi connectivity index (χ4v) is 4.71. The Morgan fingerprint density at radius 2 is 2.03 bits per heavy atom. The third-order valence-corrected chi connectivity index (χ3v) is 6.67. The first kappa shape index (κ1) is 25.3. The van der Waals surface area contributed by atoms with Crippen molar-refractivity contribution in [3.05, 3.63) is 71.8 Å². The van der Waals surface area contributed by atoms with Crippen molar-refractivity contribution in [1.82, 2.24) is 15.0 Å². The van der Waals surface area contributed by atoms with Gasteiger partial charge in [0.1, 0.15) is 17.5 Å². The number of H-pyrrole nitrogens is 1. The van der Waals surface area contributed by atoms with E-state index in [9.17, 15) is 9.59 Å². The molecule has 10 heteroatoms. The van der Waals surface area contributed by atoms with Gasteiger partial charge in [0.25, 0.3) is 5.91 Å². The van der Waals surface area contributed by atoms with Crippen molar-refractivity contribution in [3.8, 4) is 11.5 Å². The zero-order valence-electron chi connectivity index (χ0n) is 21.5. The number of carbonyl (C=O) groups is 2.